The number of nitrogens with zero attached hydrogens (tertiary/aromatic N) is 2. The Hall–Kier alpha value is -1.04. The largest absolute Gasteiger partial charge is 0.378 e. The van der Waals surface area contributed by atoms with Gasteiger partial charge < -0.3 is 19.9 Å². The molecule has 2 rings (SSSR count). The molecule has 0 aromatic carbocycles. The number of aryl methyl sites for hydroxylation is 1. The highest BCUT2D eigenvalue weighted by Crippen LogP contribution is 2.19. The quantitative estimate of drug-likeness (QED) is 0.841. The minimum atomic E-state index is 0.0415. The monoisotopic (exact) mass is 299 g/mol. The Balaban J connectivity index is 1.84. The summed E-state index contributed by atoms with van der Waals surface area (Å²) in [5, 5.41) is 0.593. The van der Waals surface area contributed by atoms with Crippen molar-refractivity contribution in [1.29, 1.82) is 0 Å². The van der Waals surface area contributed by atoms with Crippen LogP contribution in [0.4, 0.5) is 0 Å². The van der Waals surface area contributed by atoms with Crippen molar-refractivity contribution in [1.82, 2.24) is 9.47 Å². The summed E-state index contributed by atoms with van der Waals surface area (Å²) in [5.41, 5.74) is 6.08. The van der Waals surface area contributed by atoms with Crippen molar-refractivity contribution < 1.29 is 9.53 Å². The summed E-state index contributed by atoms with van der Waals surface area (Å²) in [5.74, 6) is 0.0415. The molecule has 1 aromatic heterocycles. The van der Waals surface area contributed by atoms with Crippen LogP contribution in [0.1, 0.15) is 29.8 Å². The first-order chi connectivity index (χ1) is 9.61. The maximum atomic E-state index is 12.4. The van der Waals surface area contributed by atoms with E-state index < -0.39 is 0 Å². The number of aromatic nitrogens is 1. The van der Waals surface area contributed by atoms with E-state index in [-0.39, 0.29) is 12.0 Å². The molecule has 0 unspecified atom stereocenters. The van der Waals surface area contributed by atoms with E-state index in [1.165, 1.54) is 0 Å². The lowest BCUT2D eigenvalue weighted by molar-refractivity contribution is 0.00820. The Morgan fingerprint density at radius 1 is 1.50 bits per heavy atom. The van der Waals surface area contributed by atoms with Crippen LogP contribution in [0.2, 0.25) is 5.02 Å². The number of amides is 1. The van der Waals surface area contributed by atoms with Crippen LogP contribution in [-0.2, 0) is 11.8 Å². The Labute approximate surface area is 124 Å². The van der Waals surface area contributed by atoms with Crippen LogP contribution >= 0.6 is 11.6 Å². The molecule has 6 heteroatoms. The van der Waals surface area contributed by atoms with Gasteiger partial charge in [-0.05, 0) is 31.9 Å². The summed E-state index contributed by atoms with van der Waals surface area (Å²) in [7, 11) is 1.84. The Bertz CT molecular complexity index is 453. The summed E-state index contributed by atoms with van der Waals surface area (Å²) in [6, 6.07) is 1.72. The molecule has 0 bridgehead atoms. The third-order valence-corrected chi connectivity index (χ3v) is 3.83. The van der Waals surface area contributed by atoms with E-state index in [9.17, 15) is 4.79 Å². The van der Waals surface area contributed by atoms with Crippen molar-refractivity contribution in [3.63, 3.8) is 0 Å². The SMILES string of the molecule is Cn1cc(Cl)cc1C(=O)N1CCC(OCCCN)CC1. The van der Waals surface area contributed by atoms with E-state index in [1.54, 1.807) is 16.8 Å². The minimum Gasteiger partial charge on any atom is -0.378 e. The Morgan fingerprint density at radius 2 is 2.20 bits per heavy atom. The fraction of sp³-hybridized carbons (Fsp3) is 0.643. The zero-order chi connectivity index (χ0) is 14.5. The lowest BCUT2D eigenvalue weighted by Crippen LogP contribution is -2.41. The topological polar surface area (TPSA) is 60.5 Å². The van der Waals surface area contributed by atoms with E-state index in [4.69, 9.17) is 22.1 Å². The number of piperidine rings is 1. The van der Waals surface area contributed by atoms with E-state index in [0.29, 0.717) is 23.9 Å². The number of hydrogen-bond donors (Lipinski definition) is 1. The van der Waals surface area contributed by atoms with Gasteiger partial charge in [0.2, 0.25) is 0 Å². The molecule has 1 saturated heterocycles. The van der Waals surface area contributed by atoms with Crippen molar-refractivity contribution in [3.05, 3.63) is 23.0 Å². The first kappa shape index (κ1) is 15.4. The number of ether oxygens (including phenoxy) is 1. The predicted octanol–water partition coefficient (Wildman–Crippen LogP) is 1.65. The van der Waals surface area contributed by atoms with Crippen molar-refractivity contribution in [2.45, 2.75) is 25.4 Å². The van der Waals surface area contributed by atoms with Crippen LogP contribution in [-0.4, -0.2) is 47.7 Å². The molecule has 2 N–H and O–H groups in total. The predicted molar refractivity (Wildman–Crippen MR) is 79.0 cm³/mol. The van der Waals surface area contributed by atoms with Crippen LogP contribution in [0.5, 0.6) is 0 Å². The highest BCUT2D eigenvalue weighted by atomic mass is 35.5. The van der Waals surface area contributed by atoms with E-state index in [1.807, 2.05) is 11.9 Å². The summed E-state index contributed by atoms with van der Waals surface area (Å²) in [6.45, 7) is 2.83. The van der Waals surface area contributed by atoms with E-state index in [2.05, 4.69) is 0 Å². The summed E-state index contributed by atoms with van der Waals surface area (Å²) in [6.07, 6.45) is 4.66. The number of hydrogen-bond acceptors (Lipinski definition) is 3. The maximum absolute atomic E-state index is 12.4. The van der Waals surface area contributed by atoms with E-state index >= 15 is 0 Å². The standard InChI is InChI=1S/C14H22ClN3O2/c1-17-10-11(15)9-13(17)14(19)18-6-3-12(4-7-18)20-8-2-5-16/h9-10,12H,2-8,16H2,1H3. The minimum absolute atomic E-state index is 0.0415. The number of carbonyl (C=O) groups excluding carboxylic acids is 1. The molecule has 112 valence electrons. The lowest BCUT2D eigenvalue weighted by atomic mass is 10.1. The van der Waals surface area contributed by atoms with Crippen molar-refractivity contribution in [2.24, 2.45) is 12.8 Å². The highest BCUT2D eigenvalue weighted by molar-refractivity contribution is 6.31. The fourth-order valence-corrected chi connectivity index (χ4v) is 2.71. The van der Waals surface area contributed by atoms with Crippen LogP contribution in [0.25, 0.3) is 0 Å². The molecular weight excluding hydrogens is 278 g/mol. The van der Waals surface area contributed by atoms with Crippen molar-refractivity contribution >= 4 is 17.5 Å². The van der Waals surface area contributed by atoms with Gasteiger partial charge in [0.15, 0.2) is 0 Å². The molecule has 5 nitrogen and oxygen atoms in total. The first-order valence-corrected chi connectivity index (χ1v) is 7.42. The Kier molecular flexibility index (Phi) is 5.46. The third kappa shape index (κ3) is 3.75. The highest BCUT2D eigenvalue weighted by Gasteiger charge is 2.25. The molecular formula is C14H22ClN3O2. The molecule has 1 fully saturated rings. The number of nitrogens with two attached hydrogens (primary N) is 1. The van der Waals surface area contributed by atoms with Gasteiger partial charge >= 0.3 is 0 Å². The van der Waals surface area contributed by atoms with Crippen LogP contribution in [0.3, 0.4) is 0 Å². The molecule has 1 aliphatic rings. The molecule has 1 aliphatic heterocycles. The first-order valence-electron chi connectivity index (χ1n) is 7.04. The van der Waals surface area contributed by atoms with Gasteiger partial charge in [0.1, 0.15) is 5.69 Å². The Morgan fingerprint density at radius 3 is 2.75 bits per heavy atom. The summed E-state index contributed by atoms with van der Waals surface area (Å²) >= 11 is 5.92. The smallest absolute Gasteiger partial charge is 0.270 e. The number of likely N-dealkylation sites (tertiary alicyclic amines) is 1. The second-order valence-corrected chi connectivity index (χ2v) is 5.60. The third-order valence-electron chi connectivity index (χ3n) is 3.62. The van der Waals surface area contributed by atoms with Gasteiger partial charge in [-0.25, -0.2) is 0 Å². The second kappa shape index (κ2) is 7.11. The lowest BCUT2D eigenvalue weighted by Gasteiger charge is -2.32. The average molecular weight is 300 g/mol. The van der Waals surface area contributed by atoms with Crippen LogP contribution in [0, 0.1) is 0 Å². The molecule has 1 amide bonds. The molecule has 0 saturated carbocycles. The van der Waals surface area contributed by atoms with Gasteiger partial charge in [0.05, 0.1) is 11.1 Å². The molecule has 20 heavy (non-hydrogen) atoms. The number of carbonyl (C=O) groups is 1. The zero-order valence-corrected chi connectivity index (χ0v) is 12.6. The molecule has 2 heterocycles. The molecule has 0 radical (unpaired) electrons. The van der Waals surface area contributed by atoms with E-state index in [0.717, 1.165) is 32.4 Å². The average Bonchev–Trinajstić information content (AvgIpc) is 2.78. The van der Waals surface area contributed by atoms with Gasteiger partial charge in [-0.2, -0.15) is 0 Å². The van der Waals surface area contributed by atoms with Crippen LogP contribution in [0.15, 0.2) is 12.3 Å². The molecule has 0 aliphatic carbocycles. The molecule has 0 atom stereocenters. The number of rotatable bonds is 5. The van der Waals surface area contributed by atoms with Gasteiger partial charge in [-0.15, -0.1) is 0 Å². The fourth-order valence-electron chi connectivity index (χ4n) is 2.46. The molecule has 0 spiro atoms. The van der Waals surface area contributed by atoms with Gasteiger partial charge in [-0.3, -0.25) is 4.79 Å². The van der Waals surface area contributed by atoms with Gasteiger partial charge in [0, 0.05) is 32.9 Å². The zero-order valence-electron chi connectivity index (χ0n) is 11.8. The second-order valence-electron chi connectivity index (χ2n) is 5.16. The van der Waals surface area contributed by atoms with Crippen molar-refractivity contribution in [2.75, 3.05) is 26.2 Å². The normalized spacial score (nSPS) is 16.6. The van der Waals surface area contributed by atoms with Gasteiger partial charge in [-0.1, -0.05) is 11.6 Å². The van der Waals surface area contributed by atoms with Crippen molar-refractivity contribution in [3.8, 4) is 0 Å². The number of halogens is 1. The summed E-state index contributed by atoms with van der Waals surface area (Å²) < 4.78 is 7.51. The van der Waals surface area contributed by atoms with Crippen LogP contribution < -0.4 is 5.73 Å². The van der Waals surface area contributed by atoms with Gasteiger partial charge in [0.25, 0.3) is 5.91 Å². The summed E-state index contributed by atoms with van der Waals surface area (Å²) in [4.78, 5) is 14.3. The molecule has 1 aromatic rings. The maximum Gasteiger partial charge on any atom is 0.270 e.